The number of rotatable bonds is 11. The summed E-state index contributed by atoms with van der Waals surface area (Å²) in [6, 6.07) is 36.1. The fourth-order valence-electron chi connectivity index (χ4n) is 4.50. The van der Waals surface area contributed by atoms with Gasteiger partial charge in [-0.25, -0.2) is 0 Å². The molecule has 1 heterocycles. The van der Waals surface area contributed by atoms with Gasteiger partial charge in [-0.15, -0.1) is 10.2 Å². The minimum atomic E-state index is -0.183. The highest BCUT2D eigenvalue weighted by Gasteiger charge is 2.18. The van der Waals surface area contributed by atoms with E-state index in [1.165, 1.54) is 5.56 Å². The third-order valence-electron chi connectivity index (χ3n) is 6.62. The van der Waals surface area contributed by atoms with Crippen molar-refractivity contribution in [2.75, 3.05) is 12.9 Å². The zero-order chi connectivity index (χ0) is 27.7. The van der Waals surface area contributed by atoms with Crippen molar-refractivity contribution < 1.29 is 9.53 Å². The fraction of sp³-hybridized carbons (Fsp3) is 0.182. The van der Waals surface area contributed by atoms with E-state index in [1.54, 1.807) is 18.9 Å². The molecule has 5 rings (SSSR count). The van der Waals surface area contributed by atoms with Crippen LogP contribution in [0.5, 0.6) is 5.75 Å². The second kappa shape index (κ2) is 13.1. The molecule has 1 N–H and O–H groups in total. The first-order valence-corrected chi connectivity index (χ1v) is 14.3. The smallest absolute Gasteiger partial charge is 0.220 e. The van der Waals surface area contributed by atoms with Crippen molar-refractivity contribution in [3.63, 3.8) is 0 Å². The molecule has 0 saturated heterocycles. The molecule has 0 aliphatic heterocycles. The number of methoxy groups -OCH3 is 1. The molecule has 0 aliphatic rings. The van der Waals surface area contributed by atoms with E-state index in [0.29, 0.717) is 12.8 Å². The van der Waals surface area contributed by atoms with Gasteiger partial charge < -0.3 is 10.1 Å². The van der Waals surface area contributed by atoms with E-state index in [2.05, 4.69) is 51.3 Å². The number of nitrogens with zero attached hydrogens (tertiary/aromatic N) is 3. The predicted molar refractivity (Wildman–Crippen MR) is 161 cm³/mol. The highest BCUT2D eigenvalue weighted by atomic mass is 32.2. The second-order valence-electron chi connectivity index (χ2n) is 9.48. The Labute approximate surface area is 239 Å². The SMILES string of the molecule is COc1ccc(-n2c(SCCCC(=O)NC(c3ccccc3)c3ccccc3)nnc2-c2ccc(C)cc2)cc1. The van der Waals surface area contributed by atoms with Crippen LogP contribution in [0.25, 0.3) is 17.1 Å². The second-order valence-corrected chi connectivity index (χ2v) is 10.5. The van der Waals surface area contributed by atoms with Crippen molar-refractivity contribution in [3.8, 4) is 22.8 Å². The first-order valence-electron chi connectivity index (χ1n) is 13.3. The molecule has 0 fully saturated rings. The number of nitrogens with one attached hydrogen (secondary N) is 1. The summed E-state index contributed by atoms with van der Waals surface area (Å²) in [5.74, 6) is 2.32. The molecule has 202 valence electrons. The summed E-state index contributed by atoms with van der Waals surface area (Å²) in [6.07, 6.45) is 1.13. The Hall–Kier alpha value is -4.36. The summed E-state index contributed by atoms with van der Waals surface area (Å²) >= 11 is 1.60. The van der Waals surface area contributed by atoms with Gasteiger partial charge in [0, 0.05) is 23.4 Å². The number of hydrogen-bond acceptors (Lipinski definition) is 5. The minimum Gasteiger partial charge on any atom is -0.497 e. The average molecular weight is 549 g/mol. The maximum absolute atomic E-state index is 13.0. The van der Waals surface area contributed by atoms with E-state index < -0.39 is 0 Å². The maximum Gasteiger partial charge on any atom is 0.220 e. The Kier molecular flexibility index (Phi) is 8.93. The van der Waals surface area contributed by atoms with Crippen LogP contribution in [0.1, 0.15) is 35.6 Å². The van der Waals surface area contributed by atoms with E-state index in [4.69, 9.17) is 4.74 Å². The van der Waals surface area contributed by atoms with Crippen LogP contribution in [0.2, 0.25) is 0 Å². The lowest BCUT2D eigenvalue weighted by molar-refractivity contribution is -0.121. The van der Waals surface area contributed by atoms with Crippen molar-refractivity contribution in [2.24, 2.45) is 0 Å². The van der Waals surface area contributed by atoms with Crippen molar-refractivity contribution in [1.29, 1.82) is 0 Å². The lowest BCUT2D eigenvalue weighted by atomic mass is 9.98. The quantitative estimate of drug-likeness (QED) is 0.142. The number of aromatic nitrogens is 3. The first-order chi connectivity index (χ1) is 19.6. The first kappa shape index (κ1) is 27.2. The van der Waals surface area contributed by atoms with E-state index >= 15 is 0 Å². The van der Waals surface area contributed by atoms with Crippen molar-refractivity contribution >= 4 is 17.7 Å². The zero-order valence-electron chi connectivity index (χ0n) is 22.7. The third-order valence-corrected chi connectivity index (χ3v) is 7.64. The Morgan fingerprint density at radius 1 is 0.850 bits per heavy atom. The van der Waals surface area contributed by atoms with Crippen LogP contribution in [-0.2, 0) is 4.79 Å². The lowest BCUT2D eigenvalue weighted by Crippen LogP contribution is -2.29. The number of aryl methyl sites for hydroxylation is 1. The number of carbonyl (C=O) groups excluding carboxylic acids is 1. The van der Waals surface area contributed by atoms with Gasteiger partial charge in [-0.3, -0.25) is 9.36 Å². The Balaban J connectivity index is 1.27. The van der Waals surface area contributed by atoms with Crippen LogP contribution in [-0.4, -0.2) is 33.5 Å². The van der Waals surface area contributed by atoms with Gasteiger partial charge in [-0.1, -0.05) is 102 Å². The molecule has 0 saturated carbocycles. The zero-order valence-corrected chi connectivity index (χ0v) is 23.5. The Morgan fingerprint density at radius 2 is 1.48 bits per heavy atom. The molecule has 40 heavy (non-hydrogen) atoms. The van der Waals surface area contributed by atoms with Gasteiger partial charge in [0.1, 0.15) is 5.75 Å². The largest absolute Gasteiger partial charge is 0.497 e. The van der Waals surface area contributed by atoms with E-state index in [-0.39, 0.29) is 11.9 Å². The van der Waals surface area contributed by atoms with Gasteiger partial charge in [-0.05, 0) is 48.7 Å². The molecule has 7 heteroatoms. The molecule has 0 bridgehead atoms. The molecule has 5 aromatic rings. The van der Waals surface area contributed by atoms with Crippen LogP contribution in [0, 0.1) is 6.92 Å². The number of hydrogen-bond donors (Lipinski definition) is 1. The predicted octanol–water partition coefficient (Wildman–Crippen LogP) is 7.03. The summed E-state index contributed by atoms with van der Waals surface area (Å²) in [7, 11) is 1.66. The monoisotopic (exact) mass is 548 g/mol. The highest BCUT2D eigenvalue weighted by molar-refractivity contribution is 7.99. The van der Waals surface area contributed by atoms with Gasteiger partial charge in [0.25, 0.3) is 0 Å². The van der Waals surface area contributed by atoms with Gasteiger partial charge >= 0.3 is 0 Å². The topological polar surface area (TPSA) is 69.0 Å². The minimum absolute atomic E-state index is 0.0234. The molecule has 6 nitrogen and oxygen atoms in total. The van der Waals surface area contributed by atoms with Gasteiger partial charge in [0.05, 0.1) is 13.2 Å². The Morgan fingerprint density at radius 3 is 2.08 bits per heavy atom. The lowest BCUT2D eigenvalue weighted by Gasteiger charge is -2.20. The summed E-state index contributed by atoms with van der Waals surface area (Å²) in [5.41, 5.74) is 5.26. The molecule has 0 unspecified atom stereocenters. The van der Waals surface area contributed by atoms with Crippen molar-refractivity contribution in [1.82, 2.24) is 20.1 Å². The average Bonchev–Trinajstić information content (AvgIpc) is 3.43. The summed E-state index contributed by atoms with van der Waals surface area (Å²) < 4.78 is 7.41. The standard InChI is InChI=1S/C33H32N4O2S/c1-24-15-17-27(18-16-24)32-35-36-33(37(32)28-19-21-29(39-2)22-20-28)40-23-9-14-30(38)34-31(25-10-5-3-6-11-25)26-12-7-4-8-13-26/h3-8,10-13,15-22,31H,9,14,23H2,1-2H3,(H,34,38). The van der Waals surface area contributed by atoms with E-state index in [9.17, 15) is 4.79 Å². The van der Waals surface area contributed by atoms with Gasteiger partial charge in [0.15, 0.2) is 11.0 Å². The maximum atomic E-state index is 13.0. The third kappa shape index (κ3) is 6.61. The van der Waals surface area contributed by atoms with Crippen molar-refractivity contribution in [3.05, 3.63) is 126 Å². The summed E-state index contributed by atoms with van der Waals surface area (Å²) in [6.45, 7) is 2.07. The number of thioether (sulfide) groups is 1. The van der Waals surface area contributed by atoms with Crippen LogP contribution in [0.3, 0.4) is 0 Å². The van der Waals surface area contributed by atoms with Crippen LogP contribution < -0.4 is 10.1 Å². The highest BCUT2D eigenvalue weighted by Crippen LogP contribution is 2.30. The molecular formula is C33H32N4O2S. The number of ether oxygens (including phenoxy) is 1. The van der Waals surface area contributed by atoms with Crippen LogP contribution >= 0.6 is 11.8 Å². The summed E-state index contributed by atoms with van der Waals surface area (Å²) in [4.78, 5) is 13.0. The van der Waals surface area contributed by atoms with Crippen molar-refractivity contribution in [2.45, 2.75) is 31.0 Å². The molecule has 0 radical (unpaired) electrons. The molecule has 4 aromatic carbocycles. The fourth-order valence-corrected chi connectivity index (χ4v) is 5.39. The van der Waals surface area contributed by atoms with Gasteiger partial charge in [-0.2, -0.15) is 0 Å². The number of amides is 1. The molecule has 1 aromatic heterocycles. The Bertz CT molecular complexity index is 1480. The molecule has 0 atom stereocenters. The number of carbonyl (C=O) groups is 1. The van der Waals surface area contributed by atoms with E-state index in [0.717, 1.165) is 44.9 Å². The van der Waals surface area contributed by atoms with Gasteiger partial charge in [0.2, 0.25) is 5.91 Å². The normalized spacial score (nSPS) is 11.0. The molecule has 0 aliphatic carbocycles. The molecule has 0 spiro atoms. The van der Waals surface area contributed by atoms with E-state index in [1.807, 2.05) is 84.9 Å². The van der Waals surface area contributed by atoms with Crippen LogP contribution in [0.15, 0.2) is 114 Å². The summed E-state index contributed by atoms with van der Waals surface area (Å²) in [5, 5.41) is 13.1. The molecule has 1 amide bonds. The van der Waals surface area contributed by atoms with Crippen LogP contribution in [0.4, 0.5) is 0 Å². The number of benzene rings is 4. The molecular weight excluding hydrogens is 516 g/mol.